The molecule has 2 aromatic rings. The number of nitrogens with two attached hydrogens (primary N) is 1. The molecule has 1 heterocycles. The van der Waals surface area contributed by atoms with E-state index in [1.807, 2.05) is 51.1 Å². The Morgan fingerprint density at radius 2 is 1.88 bits per heavy atom. The van der Waals surface area contributed by atoms with Crippen molar-refractivity contribution in [1.29, 1.82) is 0 Å². The molecule has 0 amide bonds. The van der Waals surface area contributed by atoms with Gasteiger partial charge in [0.05, 0.1) is 12.2 Å². The third kappa shape index (κ3) is 7.29. The maximum absolute atomic E-state index is 5.96. The molecule has 0 aliphatic carbocycles. The molecule has 0 saturated carbocycles. The van der Waals surface area contributed by atoms with E-state index in [1.54, 1.807) is 0 Å². The Labute approximate surface area is 167 Å². The fraction of sp³-hybridized carbons (Fsp3) is 0.368. The van der Waals surface area contributed by atoms with Gasteiger partial charge >= 0.3 is 0 Å². The van der Waals surface area contributed by atoms with E-state index in [-0.39, 0.29) is 29.6 Å². The molecule has 0 atom stereocenters. The number of guanidine groups is 1. The van der Waals surface area contributed by atoms with E-state index in [0.29, 0.717) is 18.4 Å². The highest BCUT2D eigenvalue weighted by Gasteiger charge is 2.12. The summed E-state index contributed by atoms with van der Waals surface area (Å²) in [7, 11) is 0. The quantitative estimate of drug-likeness (QED) is 0.408. The highest BCUT2D eigenvalue weighted by molar-refractivity contribution is 14.0. The fourth-order valence-corrected chi connectivity index (χ4v) is 2.09. The van der Waals surface area contributed by atoms with E-state index < -0.39 is 0 Å². The monoisotopic (exact) mass is 454 g/mol. The van der Waals surface area contributed by atoms with Crippen LogP contribution in [0.4, 0.5) is 5.69 Å². The fourth-order valence-electron chi connectivity index (χ4n) is 2.09. The summed E-state index contributed by atoms with van der Waals surface area (Å²) in [6.45, 7) is 10.5. The van der Waals surface area contributed by atoms with Crippen molar-refractivity contribution in [3.05, 3.63) is 53.2 Å². The largest absolute Gasteiger partial charge is 0.472 e. The molecular weight excluding hydrogens is 427 g/mol. The molecule has 0 bridgehead atoms. The van der Waals surface area contributed by atoms with Gasteiger partial charge in [0, 0.05) is 11.8 Å². The highest BCUT2D eigenvalue weighted by Crippen LogP contribution is 2.16. The normalized spacial score (nSPS) is 11.6. The zero-order valence-corrected chi connectivity index (χ0v) is 17.8. The summed E-state index contributed by atoms with van der Waals surface area (Å²) in [6, 6.07) is 11.7. The van der Waals surface area contributed by atoms with E-state index in [0.717, 1.165) is 11.4 Å². The van der Waals surface area contributed by atoms with Crippen LogP contribution < -0.4 is 15.8 Å². The third-order valence-electron chi connectivity index (χ3n) is 3.38. The summed E-state index contributed by atoms with van der Waals surface area (Å²) in [5, 5.41) is 3.10. The average molecular weight is 454 g/mol. The molecule has 1 aromatic heterocycles. The number of benzene rings is 1. The van der Waals surface area contributed by atoms with Gasteiger partial charge in [-0.2, -0.15) is 0 Å². The van der Waals surface area contributed by atoms with E-state index in [1.165, 1.54) is 11.1 Å². The molecule has 5 nitrogen and oxygen atoms in total. The van der Waals surface area contributed by atoms with Crippen LogP contribution in [0.15, 0.2) is 41.4 Å². The molecule has 0 aliphatic rings. The van der Waals surface area contributed by atoms with Crippen LogP contribution in [0.1, 0.15) is 37.6 Å². The summed E-state index contributed by atoms with van der Waals surface area (Å²) in [5.74, 6) is 0.957. The minimum atomic E-state index is -0.279. The molecule has 0 spiro atoms. The number of anilines is 1. The predicted octanol–water partition coefficient (Wildman–Crippen LogP) is 4.42. The predicted molar refractivity (Wildman–Crippen MR) is 115 cm³/mol. The van der Waals surface area contributed by atoms with Crippen molar-refractivity contribution in [2.75, 3.05) is 5.32 Å². The van der Waals surface area contributed by atoms with Gasteiger partial charge in [0.25, 0.3) is 0 Å². The molecule has 0 fully saturated rings. The molecule has 3 N–H and O–H groups in total. The van der Waals surface area contributed by atoms with Gasteiger partial charge in [0.2, 0.25) is 5.88 Å². The first kappa shape index (κ1) is 21.2. The maximum atomic E-state index is 5.96. The molecule has 0 saturated heterocycles. The summed E-state index contributed by atoms with van der Waals surface area (Å²) < 4.78 is 5.76. The second kappa shape index (κ2) is 9.03. The van der Waals surface area contributed by atoms with Crippen LogP contribution in [0.2, 0.25) is 0 Å². The lowest BCUT2D eigenvalue weighted by Gasteiger charge is -2.20. The topological polar surface area (TPSA) is 72.5 Å². The van der Waals surface area contributed by atoms with Crippen LogP contribution in [0.3, 0.4) is 0 Å². The van der Waals surface area contributed by atoms with Crippen molar-refractivity contribution in [1.82, 2.24) is 4.98 Å². The van der Waals surface area contributed by atoms with Gasteiger partial charge in [-0.3, -0.25) is 0 Å². The van der Waals surface area contributed by atoms with Crippen LogP contribution in [-0.4, -0.2) is 16.5 Å². The molecule has 1 aromatic carbocycles. The van der Waals surface area contributed by atoms with Gasteiger partial charge in [-0.15, -0.1) is 24.0 Å². The summed E-state index contributed by atoms with van der Waals surface area (Å²) >= 11 is 0. The van der Waals surface area contributed by atoms with Gasteiger partial charge in [-0.05, 0) is 63.9 Å². The number of hydrogen-bond donors (Lipinski definition) is 2. The van der Waals surface area contributed by atoms with Crippen molar-refractivity contribution in [2.24, 2.45) is 10.7 Å². The SMILES string of the molecule is Cc1ccc(NC(N)=NCc2cccc(OC(C)(C)C)n2)cc1C.I. The lowest BCUT2D eigenvalue weighted by Crippen LogP contribution is -2.24. The minimum absolute atomic E-state index is 0. The second-order valence-corrected chi connectivity index (χ2v) is 6.81. The Bertz CT molecular complexity index is 738. The number of aromatic nitrogens is 1. The summed E-state index contributed by atoms with van der Waals surface area (Å²) in [4.78, 5) is 8.79. The van der Waals surface area contributed by atoms with Crippen molar-refractivity contribution in [3.63, 3.8) is 0 Å². The number of nitrogens with zero attached hydrogens (tertiary/aromatic N) is 2. The number of halogens is 1. The Kier molecular flexibility index (Phi) is 7.66. The van der Waals surface area contributed by atoms with Gasteiger partial charge in [0.1, 0.15) is 5.60 Å². The lowest BCUT2D eigenvalue weighted by molar-refractivity contribution is 0.124. The zero-order valence-electron chi connectivity index (χ0n) is 15.5. The first-order valence-electron chi connectivity index (χ1n) is 8.02. The number of nitrogens with one attached hydrogen (secondary N) is 1. The molecular formula is C19H27IN4O. The van der Waals surface area contributed by atoms with Crippen LogP contribution in [0, 0.1) is 13.8 Å². The molecule has 0 aliphatic heterocycles. The van der Waals surface area contributed by atoms with E-state index in [4.69, 9.17) is 10.5 Å². The number of aryl methyl sites for hydroxylation is 2. The average Bonchev–Trinajstić information content (AvgIpc) is 2.48. The molecule has 0 radical (unpaired) electrons. The van der Waals surface area contributed by atoms with Crippen molar-refractivity contribution < 1.29 is 4.74 Å². The summed E-state index contributed by atoms with van der Waals surface area (Å²) in [5.41, 5.74) is 9.87. The van der Waals surface area contributed by atoms with Crippen molar-refractivity contribution >= 4 is 35.6 Å². The maximum Gasteiger partial charge on any atom is 0.214 e. The van der Waals surface area contributed by atoms with Crippen LogP contribution in [-0.2, 0) is 6.54 Å². The van der Waals surface area contributed by atoms with Crippen molar-refractivity contribution in [3.8, 4) is 5.88 Å². The highest BCUT2D eigenvalue weighted by atomic mass is 127. The van der Waals surface area contributed by atoms with Crippen LogP contribution in [0.25, 0.3) is 0 Å². The first-order chi connectivity index (χ1) is 11.2. The third-order valence-corrected chi connectivity index (χ3v) is 3.38. The molecule has 0 unspecified atom stereocenters. The lowest BCUT2D eigenvalue weighted by atomic mass is 10.1. The molecule has 6 heteroatoms. The van der Waals surface area contributed by atoms with Gasteiger partial charge in [0.15, 0.2) is 5.96 Å². The Morgan fingerprint density at radius 3 is 2.52 bits per heavy atom. The zero-order chi connectivity index (χ0) is 17.7. The van der Waals surface area contributed by atoms with E-state index in [9.17, 15) is 0 Å². The number of rotatable bonds is 4. The first-order valence-corrected chi connectivity index (χ1v) is 8.02. The van der Waals surface area contributed by atoms with Crippen LogP contribution in [0.5, 0.6) is 5.88 Å². The van der Waals surface area contributed by atoms with Gasteiger partial charge in [-0.25, -0.2) is 9.98 Å². The van der Waals surface area contributed by atoms with Crippen molar-refractivity contribution in [2.45, 2.75) is 46.8 Å². The number of aliphatic imine (C=N–C) groups is 1. The Hall–Kier alpha value is -1.83. The smallest absolute Gasteiger partial charge is 0.214 e. The molecule has 136 valence electrons. The Balaban J connectivity index is 0.00000312. The Morgan fingerprint density at radius 1 is 1.16 bits per heavy atom. The number of hydrogen-bond acceptors (Lipinski definition) is 3. The van der Waals surface area contributed by atoms with Crippen LogP contribution >= 0.6 is 24.0 Å². The molecule has 2 rings (SSSR count). The number of pyridine rings is 1. The van der Waals surface area contributed by atoms with E-state index in [2.05, 4.69) is 35.2 Å². The number of ether oxygens (including phenoxy) is 1. The summed E-state index contributed by atoms with van der Waals surface area (Å²) in [6.07, 6.45) is 0. The van der Waals surface area contributed by atoms with Gasteiger partial charge < -0.3 is 15.8 Å². The second-order valence-electron chi connectivity index (χ2n) is 6.81. The minimum Gasteiger partial charge on any atom is -0.472 e. The standard InChI is InChI=1S/C19H26N4O.HI/c1-13-9-10-15(11-14(13)2)23-18(20)21-12-16-7-6-8-17(22-16)24-19(3,4)5;/h6-11H,12H2,1-5H3,(H3,20,21,23);1H. The molecule has 25 heavy (non-hydrogen) atoms. The van der Waals surface area contributed by atoms with E-state index >= 15 is 0 Å². The van der Waals surface area contributed by atoms with Gasteiger partial charge in [-0.1, -0.05) is 12.1 Å².